The van der Waals surface area contributed by atoms with E-state index < -0.39 is 12.0 Å². The summed E-state index contributed by atoms with van der Waals surface area (Å²) in [5.41, 5.74) is 0. The Kier molecular flexibility index (Phi) is 11.2. The van der Waals surface area contributed by atoms with Crippen molar-refractivity contribution in [2.45, 2.75) is 51.9 Å². The highest BCUT2D eigenvalue weighted by atomic mass is 16.6. The second-order valence-corrected chi connectivity index (χ2v) is 7.13. The summed E-state index contributed by atoms with van der Waals surface area (Å²) in [5.74, 6) is -1.35. The third-order valence-corrected chi connectivity index (χ3v) is 4.77. The number of amides is 1. The van der Waals surface area contributed by atoms with E-state index in [0.29, 0.717) is 0 Å². The van der Waals surface area contributed by atoms with E-state index in [1.807, 2.05) is 26.0 Å². The molecule has 0 unspecified atom stereocenters. The van der Waals surface area contributed by atoms with Gasteiger partial charge in [-0.05, 0) is 6.92 Å². The van der Waals surface area contributed by atoms with Crippen LogP contribution in [0.3, 0.4) is 0 Å². The molecule has 1 amide bonds. The minimum absolute atomic E-state index is 0.0401. The minimum Gasteiger partial charge on any atom is -0.463 e. The van der Waals surface area contributed by atoms with E-state index in [0.717, 1.165) is 0 Å². The molecule has 0 fully saturated rings. The second-order valence-electron chi connectivity index (χ2n) is 7.13. The lowest BCUT2D eigenvalue weighted by molar-refractivity contribution is -0.151. The van der Waals surface area contributed by atoms with Gasteiger partial charge in [-0.3, -0.25) is 9.59 Å². The molecule has 1 aliphatic rings. The van der Waals surface area contributed by atoms with Crippen molar-refractivity contribution in [1.82, 2.24) is 5.32 Å². The van der Waals surface area contributed by atoms with E-state index in [9.17, 15) is 14.4 Å². The van der Waals surface area contributed by atoms with Gasteiger partial charge >= 0.3 is 11.9 Å². The Balaban J connectivity index is 2.90. The summed E-state index contributed by atoms with van der Waals surface area (Å²) in [7, 11) is 3.07. The molecular weight excluding hydrogens is 378 g/mol. The fourth-order valence-corrected chi connectivity index (χ4v) is 2.77. The number of cyclic esters (lactones) is 2. The second kappa shape index (κ2) is 13.1. The van der Waals surface area contributed by atoms with Gasteiger partial charge in [0.05, 0.1) is 18.6 Å². The maximum Gasteiger partial charge on any atom is 0.328 e. The molecule has 0 aliphatic carbocycles. The van der Waals surface area contributed by atoms with Gasteiger partial charge in [-0.1, -0.05) is 38.2 Å². The molecule has 5 atom stereocenters. The zero-order valence-electron chi connectivity index (χ0n) is 17.9. The Morgan fingerprint density at radius 3 is 1.93 bits per heavy atom. The van der Waals surface area contributed by atoms with Crippen molar-refractivity contribution in [1.29, 1.82) is 0 Å². The molecule has 1 N–H and O–H groups in total. The Morgan fingerprint density at radius 2 is 1.38 bits per heavy atom. The van der Waals surface area contributed by atoms with Gasteiger partial charge < -0.3 is 24.3 Å². The van der Waals surface area contributed by atoms with Crippen LogP contribution in [0.2, 0.25) is 0 Å². The average molecular weight is 411 g/mol. The number of methoxy groups -OCH3 is 2. The maximum atomic E-state index is 12.1. The Bertz CT molecular complexity index is 602. The molecule has 29 heavy (non-hydrogen) atoms. The molecule has 1 heterocycles. The number of esters is 2. The van der Waals surface area contributed by atoms with Crippen molar-refractivity contribution < 1.29 is 33.3 Å². The van der Waals surface area contributed by atoms with E-state index in [4.69, 9.17) is 18.9 Å². The van der Waals surface area contributed by atoms with E-state index in [1.54, 1.807) is 26.2 Å². The summed E-state index contributed by atoms with van der Waals surface area (Å²) < 4.78 is 21.3. The van der Waals surface area contributed by atoms with Crippen molar-refractivity contribution in [2.24, 2.45) is 11.8 Å². The molecule has 0 saturated heterocycles. The number of rotatable bonds is 2. The van der Waals surface area contributed by atoms with Gasteiger partial charge in [0.25, 0.3) is 0 Å². The van der Waals surface area contributed by atoms with Gasteiger partial charge in [-0.25, -0.2) is 4.79 Å². The topological polar surface area (TPSA) is 100 Å². The summed E-state index contributed by atoms with van der Waals surface area (Å²) in [6.45, 7) is 5.54. The first kappa shape index (κ1) is 24.8. The highest BCUT2D eigenvalue weighted by Gasteiger charge is 2.22. The van der Waals surface area contributed by atoms with Crippen LogP contribution in [0.5, 0.6) is 0 Å². The SMILES string of the molecule is CO[C@@H]1COC(=O)C/C=C/[C@H](C)[C@H](OC)COC(=O)[C@@H](C)NC(=O)C/C=C/[C@H]1C. The number of nitrogens with one attached hydrogen (secondary N) is 1. The van der Waals surface area contributed by atoms with Crippen LogP contribution in [0.15, 0.2) is 24.3 Å². The Hall–Kier alpha value is -2.19. The number of hydrogen-bond donors (Lipinski definition) is 1. The molecule has 0 spiro atoms. The lowest BCUT2D eigenvalue weighted by Crippen LogP contribution is -2.40. The third-order valence-electron chi connectivity index (χ3n) is 4.77. The molecule has 1 rings (SSSR count). The van der Waals surface area contributed by atoms with Gasteiger partial charge in [0.2, 0.25) is 5.91 Å². The molecule has 0 aromatic heterocycles. The van der Waals surface area contributed by atoms with Crippen LogP contribution >= 0.6 is 0 Å². The Labute approximate surface area is 172 Å². The summed E-state index contributed by atoms with van der Waals surface area (Å²) in [6.07, 6.45) is 6.59. The predicted molar refractivity (Wildman–Crippen MR) is 107 cm³/mol. The number of ether oxygens (including phenoxy) is 4. The number of hydrogen-bond acceptors (Lipinski definition) is 7. The first-order valence-corrected chi connectivity index (χ1v) is 9.79. The molecule has 8 heteroatoms. The average Bonchev–Trinajstić information content (AvgIpc) is 2.67. The predicted octanol–water partition coefficient (Wildman–Crippen LogP) is 1.79. The monoisotopic (exact) mass is 411 g/mol. The molecule has 0 saturated carbocycles. The van der Waals surface area contributed by atoms with Gasteiger partial charge in [0.1, 0.15) is 19.3 Å². The fraction of sp³-hybridized carbons (Fsp3) is 0.667. The van der Waals surface area contributed by atoms with Crippen molar-refractivity contribution in [3.8, 4) is 0 Å². The van der Waals surface area contributed by atoms with Crippen molar-refractivity contribution in [3.05, 3.63) is 24.3 Å². The lowest BCUT2D eigenvalue weighted by Gasteiger charge is -2.21. The summed E-state index contributed by atoms with van der Waals surface area (Å²) >= 11 is 0. The molecule has 164 valence electrons. The van der Waals surface area contributed by atoms with Gasteiger partial charge in [0.15, 0.2) is 0 Å². The standard InChI is InChI=1S/C21H33NO7/c1-14-8-6-10-19(23)22-16(3)21(25)29-13-18(27-5)15(2)9-7-11-20(24)28-12-17(14)26-4/h6-9,14-18H,10-13H2,1-5H3,(H,22,23)/b8-6+,9-7+/t14-,15+,16-,17-,18-/m1/s1. The van der Waals surface area contributed by atoms with Crippen LogP contribution in [0, 0.1) is 11.8 Å². The van der Waals surface area contributed by atoms with E-state index in [2.05, 4.69) is 5.32 Å². The first-order valence-electron chi connectivity index (χ1n) is 9.79. The van der Waals surface area contributed by atoms with Crippen LogP contribution in [0.4, 0.5) is 0 Å². The van der Waals surface area contributed by atoms with Crippen LogP contribution in [-0.4, -0.2) is 63.5 Å². The quantitative estimate of drug-likeness (QED) is 0.546. The largest absolute Gasteiger partial charge is 0.463 e. The molecule has 0 aromatic carbocycles. The highest BCUT2D eigenvalue weighted by molar-refractivity contribution is 5.84. The third kappa shape index (κ3) is 9.23. The zero-order chi connectivity index (χ0) is 21.8. The van der Waals surface area contributed by atoms with Crippen molar-refractivity contribution in [2.75, 3.05) is 27.4 Å². The van der Waals surface area contributed by atoms with E-state index in [1.165, 1.54) is 7.11 Å². The van der Waals surface area contributed by atoms with Crippen LogP contribution < -0.4 is 5.32 Å². The van der Waals surface area contributed by atoms with E-state index in [-0.39, 0.29) is 62.0 Å². The zero-order valence-corrected chi connectivity index (χ0v) is 17.9. The molecule has 0 radical (unpaired) electrons. The molecular formula is C21H33NO7. The van der Waals surface area contributed by atoms with E-state index >= 15 is 0 Å². The maximum absolute atomic E-state index is 12.1. The van der Waals surface area contributed by atoms with Crippen molar-refractivity contribution in [3.63, 3.8) is 0 Å². The van der Waals surface area contributed by atoms with Crippen LogP contribution in [0.1, 0.15) is 33.6 Å². The lowest BCUT2D eigenvalue weighted by atomic mass is 10.0. The first-order chi connectivity index (χ1) is 13.8. The normalized spacial score (nSPS) is 33.3. The van der Waals surface area contributed by atoms with Crippen LogP contribution in [-0.2, 0) is 33.3 Å². The number of carbonyl (C=O) groups is 3. The Morgan fingerprint density at radius 1 is 0.862 bits per heavy atom. The molecule has 1 aliphatic heterocycles. The molecule has 0 bridgehead atoms. The summed E-state index contributed by atoms with van der Waals surface area (Å²) in [6, 6.07) is -0.767. The highest BCUT2D eigenvalue weighted by Crippen LogP contribution is 2.12. The van der Waals surface area contributed by atoms with Crippen LogP contribution in [0.25, 0.3) is 0 Å². The summed E-state index contributed by atoms with van der Waals surface area (Å²) in [4.78, 5) is 36.2. The van der Waals surface area contributed by atoms with Gasteiger partial charge in [0, 0.05) is 32.5 Å². The minimum atomic E-state index is -0.767. The molecule has 8 nitrogen and oxygen atoms in total. The fourth-order valence-electron chi connectivity index (χ4n) is 2.77. The number of carbonyl (C=O) groups excluding carboxylic acids is 3. The summed E-state index contributed by atoms with van der Waals surface area (Å²) in [5, 5.41) is 2.61. The van der Waals surface area contributed by atoms with Gasteiger partial charge in [-0.15, -0.1) is 0 Å². The van der Waals surface area contributed by atoms with Crippen molar-refractivity contribution >= 4 is 17.8 Å². The molecule has 0 aromatic rings. The van der Waals surface area contributed by atoms with Gasteiger partial charge in [-0.2, -0.15) is 0 Å². The smallest absolute Gasteiger partial charge is 0.328 e.